The summed E-state index contributed by atoms with van der Waals surface area (Å²) in [5.41, 5.74) is 1.74. The molecule has 31 heavy (non-hydrogen) atoms. The zero-order valence-corrected chi connectivity index (χ0v) is 20.7. The third-order valence-electron chi connectivity index (χ3n) is 9.36. The molecule has 0 aliphatic heterocycles. The minimum atomic E-state index is -0.647. The van der Waals surface area contributed by atoms with Crippen LogP contribution in [-0.4, -0.2) is 55.3 Å². The lowest BCUT2D eigenvalue weighted by Crippen LogP contribution is -2.52. The topological polar surface area (TPSA) is 80.9 Å². The van der Waals surface area contributed by atoms with Gasteiger partial charge in [0, 0.05) is 23.0 Å². The molecule has 9 atom stereocenters. The fraction of sp³-hybridized carbons (Fsp3) is 0.846. The molecule has 4 N–H and O–H groups in total. The lowest BCUT2D eigenvalue weighted by Gasteiger charge is -2.56. The number of aliphatic hydroxyl groups excluding tert-OH is 3. The fourth-order valence-electron chi connectivity index (χ4n) is 7.55. The molecule has 176 valence electrons. The molecule has 3 fully saturated rings. The molecule has 0 aromatic rings. The molecular weight excluding hydrogens is 408 g/mol. The molecule has 0 unspecified atom stereocenters. The first-order valence-corrected chi connectivity index (χ1v) is 13.2. The summed E-state index contributed by atoms with van der Waals surface area (Å²) in [5.74, 6) is 1.79. The Labute approximate surface area is 192 Å². The summed E-state index contributed by atoms with van der Waals surface area (Å²) < 4.78 is 0. The maximum Gasteiger partial charge on any atom is 0.0661 e. The summed E-state index contributed by atoms with van der Waals surface area (Å²) >= 11 is 1.89. The first-order valence-electron chi connectivity index (χ1n) is 12.2. The Morgan fingerprint density at radius 1 is 1.13 bits per heavy atom. The van der Waals surface area contributed by atoms with Crippen molar-refractivity contribution in [1.29, 1.82) is 0 Å². The van der Waals surface area contributed by atoms with Gasteiger partial charge in [-0.05, 0) is 69.0 Å². The first kappa shape index (κ1) is 23.8. The molecule has 0 radical (unpaired) electrons. The van der Waals surface area contributed by atoms with Crippen LogP contribution in [0.4, 0.5) is 0 Å². The van der Waals surface area contributed by atoms with Crippen LogP contribution >= 0.6 is 11.8 Å². The van der Waals surface area contributed by atoms with Crippen LogP contribution in [0.3, 0.4) is 0 Å². The van der Waals surface area contributed by atoms with Crippen molar-refractivity contribution in [3.63, 3.8) is 0 Å². The van der Waals surface area contributed by atoms with Crippen LogP contribution in [0.5, 0.6) is 0 Å². The van der Waals surface area contributed by atoms with E-state index in [9.17, 15) is 20.4 Å². The van der Waals surface area contributed by atoms with Crippen molar-refractivity contribution in [3.8, 4) is 0 Å². The zero-order chi connectivity index (χ0) is 22.8. The Morgan fingerprint density at radius 2 is 1.84 bits per heavy atom. The Hall–Kier alpha value is -0.330. The van der Waals surface area contributed by atoms with Gasteiger partial charge in [0.25, 0.3) is 0 Å². The van der Waals surface area contributed by atoms with Gasteiger partial charge in [-0.3, -0.25) is 0 Å². The second-order valence-corrected chi connectivity index (χ2v) is 13.4. The van der Waals surface area contributed by atoms with Crippen molar-refractivity contribution < 1.29 is 20.4 Å². The number of fused-ring (bicyclic) bond motifs is 5. The quantitative estimate of drug-likeness (QED) is 0.508. The third-order valence-corrected chi connectivity index (χ3v) is 10.6. The summed E-state index contributed by atoms with van der Waals surface area (Å²) in [4.78, 5) is 0. The summed E-state index contributed by atoms with van der Waals surface area (Å²) in [6, 6.07) is 0. The van der Waals surface area contributed by atoms with Gasteiger partial charge in [-0.15, -0.1) is 0 Å². The van der Waals surface area contributed by atoms with Gasteiger partial charge in [-0.2, -0.15) is 11.8 Å². The number of aliphatic hydroxyl groups is 4. The van der Waals surface area contributed by atoms with Crippen LogP contribution in [0.25, 0.3) is 0 Å². The number of hydrogen-bond acceptors (Lipinski definition) is 5. The van der Waals surface area contributed by atoms with E-state index in [1.807, 2.05) is 25.6 Å². The lowest BCUT2D eigenvalue weighted by molar-refractivity contribution is -0.0534. The number of thioether (sulfide) groups is 1. The zero-order valence-electron chi connectivity index (χ0n) is 19.8. The first-order chi connectivity index (χ1) is 14.4. The van der Waals surface area contributed by atoms with E-state index in [4.69, 9.17) is 0 Å². The average molecular weight is 451 g/mol. The highest BCUT2D eigenvalue weighted by atomic mass is 32.2. The Bertz CT molecular complexity index is 755. The second kappa shape index (κ2) is 8.16. The van der Waals surface area contributed by atoms with E-state index in [2.05, 4.69) is 32.9 Å². The van der Waals surface area contributed by atoms with Crippen LogP contribution in [0.1, 0.15) is 73.1 Å². The fourth-order valence-corrected chi connectivity index (χ4v) is 9.24. The molecule has 0 heterocycles. The van der Waals surface area contributed by atoms with Crippen LogP contribution in [0, 0.1) is 28.6 Å². The molecule has 4 aliphatic carbocycles. The van der Waals surface area contributed by atoms with Crippen LogP contribution in [0.15, 0.2) is 23.3 Å². The highest BCUT2D eigenvalue weighted by molar-refractivity contribution is 7.99. The minimum Gasteiger partial charge on any atom is -0.393 e. The Kier molecular flexibility index (Phi) is 6.27. The van der Waals surface area contributed by atoms with Gasteiger partial charge in [-0.25, -0.2) is 0 Å². The molecule has 0 spiro atoms. The smallest absolute Gasteiger partial charge is 0.0661 e. The lowest BCUT2D eigenvalue weighted by atomic mass is 9.49. The van der Waals surface area contributed by atoms with Crippen LogP contribution in [0.2, 0.25) is 0 Å². The monoisotopic (exact) mass is 450 g/mol. The number of rotatable bonds is 5. The largest absolute Gasteiger partial charge is 0.393 e. The van der Waals surface area contributed by atoms with Crippen molar-refractivity contribution in [2.24, 2.45) is 28.6 Å². The van der Waals surface area contributed by atoms with Crippen molar-refractivity contribution in [3.05, 3.63) is 23.3 Å². The Balaban J connectivity index is 1.57. The van der Waals surface area contributed by atoms with E-state index >= 15 is 0 Å². The SMILES string of the molecule is C[C@@H](SCCC(C)(C)O)[C@H]1[C@@H](O)C[C@H]2C3=CC=C4C[C@@H](O)C[C@H](O)[C@]4(C)[C@H]3CC[C@]12C. The van der Waals surface area contributed by atoms with Crippen molar-refractivity contribution in [1.82, 2.24) is 0 Å². The highest BCUT2D eigenvalue weighted by Crippen LogP contribution is 2.66. The summed E-state index contributed by atoms with van der Waals surface area (Å²) in [5, 5.41) is 42.8. The van der Waals surface area contributed by atoms with Gasteiger partial charge in [0.2, 0.25) is 0 Å². The molecule has 0 aromatic heterocycles. The minimum absolute atomic E-state index is 0.0593. The summed E-state index contributed by atoms with van der Waals surface area (Å²) in [7, 11) is 0. The van der Waals surface area contributed by atoms with E-state index < -0.39 is 17.8 Å². The van der Waals surface area contributed by atoms with Gasteiger partial charge >= 0.3 is 0 Å². The second-order valence-electron chi connectivity index (χ2n) is 11.9. The van der Waals surface area contributed by atoms with E-state index in [0.29, 0.717) is 29.9 Å². The van der Waals surface area contributed by atoms with Gasteiger partial charge in [-0.1, -0.05) is 44.1 Å². The molecule has 3 saturated carbocycles. The molecule has 4 rings (SSSR count). The summed E-state index contributed by atoms with van der Waals surface area (Å²) in [6.45, 7) is 10.6. The van der Waals surface area contributed by atoms with E-state index in [0.717, 1.165) is 31.4 Å². The summed E-state index contributed by atoms with van der Waals surface area (Å²) in [6.07, 6.45) is 7.95. The van der Waals surface area contributed by atoms with E-state index in [-0.39, 0.29) is 22.9 Å². The van der Waals surface area contributed by atoms with Crippen molar-refractivity contribution in [2.45, 2.75) is 102 Å². The predicted octanol–water partition coefficient (Wildman–Crippen LogP) is 4.07. The molecule has 5 heteroatoms. The van der Waals surface area contributed by atoms with Crippen LogP contribution in [-0.2, 0) is 0 Å². The number of allylic oxidation sites excluding steroid dienone is 3. The van der Waals surface area contributed by atoms with E-state index in [1.165, 1.54) is 11.1 Å². The Morgan fingerprint density at radius 3 is 2.52 bits per heavy atom. The van der Waals surface area contributed by atoms with Crippen molar-refractivity contribution in [2.75, 3.05) is 5.75 Å². The van der Waals surface area contributed by atoms with Gasteiger partial charge < -0.3 is 20.4 Å². The molecule has 0 bridgehead atoms. The molecule has 0 aromatic carbocycles. The van der Waals surface area contributed by atoms with Crippen molar-refractivity contribution >= 4 is 11.8 Å². The predicted molar refractivity (Wildman–Crippen MR) is 127 cm³/mol. The molecule has 0 amide bonds. The van der Waals surface area contributed by atoms with Gasteiger partial charge in [0.15, 0.2) is 0 Å². The average Bonchev–Trinajstić information content (AvgIpc) is 2.92. The standard InChI is InChI=1S/C26H42O4S/c1-15(31-11-10-24(2,3)30)23-21(28)14-20-18-7-6-16-12-17(27)13-22(29)26(16,5)19(18)8-9-25(20,23)4/h6-7,15,17,19-23,27-30H,8-14H2,1-5H3/t15-,17-,19+,20+,21+,22+,23+,25+,26+/m1/s1. The van der Waals surface area contributed by atoms with Gasteiger partial charge in [0.1, 0.15) is 0 Å². The van der Waals surface area contributed by atoms with E-state index in [1.54, 1.807) is 0 Å². The maximum atomic E-state index is 11.2. The third kappa shape index (κ3) is 3.97. The molecule has 4 aliphatic rings. The number of hydrogen-bond donors (Lipinski definition) is 4. The highest BCUT2D eigenvalue weighted by Gasteiger charge is 2.61. The molecule has 0 saturated heterocycles. The maximum absolute atomic E-state index is 11.2. The van der Waals surface area contributed by atoms with Crippen LogP contribution < -0.4 is 0 Å². The normalized spacial score (nSPS) is 45.8. The molecular formula is C26H42O4S. The molecule has 4 nitrogen and oxygen atoms in total. The van der Waals surface area contributed by atoms with Gasteiger partial charge in [0.05, 0.1) is 23.9 Å².